The summed E-state index contributed by atoms with van der Waals surface area (Å²) in [5.41, 5.74) is 2.55. The number of anilines is 1. The van der Waals surface area contributed by atoms with E-state index < -0.39 is 0 Å². The fourth-order valence-electron chi connectivity index (χ4n) is 2.70. The molecule has 1 saturated heterocycles. The van der Waals surface area contributed by atoms with E-state index in [-0.39, 0.29) is 0 Å². The van der Waals surface area contributed by atoms with Gasteiger partial charge in [0.15, 0.2) is 0 Å². The van der Waals surface area contributed by atoms with Crippen LogP contribution in [0.1, 0.15) is 17.1 Å². The maximum absolute atomic E-state index is 5.42. The standard InChI is InChI=1S/C13H20N4O/c1-10-14-12-9-16(2)4-3-11(12)13(15-10)17-5-7-18-8-6-17/h3-9H2,1-2H3. The van der Waals surface area contributed by atoms with E-state index in [0.717, 1.165) is 57.5 Å². The third-order valence-corrected chi connectivity index (χ3v) is 3.66. The number of likely N-dealkylation sites (N-methyl/N-ethyl adjacent to an activating group) is 1. The monoisotopic (exact) mass is 248 g/mol. The van der Waals surface area contributed by atoms with Gasteiger partial charge in [-0.2, -0.15) is 0 Å². The predicted octanol–water partition coefficient (Wildman–Crippen LogP) is 0.610. The molecule has 1 aromatic rings. The SMILES string of the molecule is Cc1nc2c(c(N3CCOCC3)n1)CCN(C)C2. The van der Waals surface area contributed by atoms with Crippen molar-refractivity contribution in [3.05, 3.63) is 17.1 Å². The highest BCUT2D eigenvalue weighted by molar-refractivity contribution is 5.50. The average molecular weight is 248 g/mol. The summed E-state index contributed by atoms with van der Waals surface area (Å²) in [5.74, 6) is 2.03. The van der Waals surface area contributed by atoms with Gasteiger partial charge in [0.25, 0.3) is 0 Å². The number of nitrogens with zero attached hydrogens (tertiary/aromatic N) is 4. The maximum Gasteiger partial charge on any atom is 0.136 e. The zero-order chi connectivity index (χ0) is 12.5. The number of aromatic nitrogens is 2. The molecule has 0 saturated carbocycles. The molecule has 3 rings (SSSR count). The van der Waals surface area contributed by atoms with E-state index in [1.54, 1.807) is 0 Å². The Labute approximate surface area is 108 Å². The van der Waals surface area contributed by atoms with Gasteiger partial charge in [0.2, 0.25) is 0 Å². The predicted molar refractivity (Wildman–Crippen MR) is 69.8 cm³/mol. The zero-order valence-electron chi connectivity index (χ0n) is 11.1. The highest BCUT2D eigenvalue weighted by Gasteiger charge is 2.23. The van der Waals surface area contributed by atoms with Crippen molar-refractivity contribution in [2.24, 2.45) is 0 Å². The average Bonchev–Trinajstić information content (AvgIpc) is 2.38. The molecule has 0 unspecified atom stereocenters. The minimum atomic E-state index is 0.803. The molecule has 0 radical (unpaired) electrons. The summed E-state index contributed by atoms with van der Waals surface area (Å²) < 4.78 is 5.42. The minimum absolute atomic E-state index is 0.803. The minimum Gasteiger partial charge on any atom is -0.378 e. The summed E-state index contributed by atoms with van der Waals surface area (Å²) >= 11 is 0. The van der Waals surface area contributed by atoms with Crippen LogP contribution in [0.2, 0.25) is 0 Å². The lowest BCUT2D eigenvalue weighted by Gasteiger charge is -2.33. The summed E-state index contributed by atoms with van der Waals surface area (Å²) in [7, 11) is 2.15. The number of ether oxygens (including phenoxy) is 1. The molecule has 0 atom stereocenters. The zero-order valence-corrected chi connectivity index (χ0v) is 11.1. The van der Waals surface area contributed by atoms with Crippen molar-refractivity contribution < 1.29 is 4.74 Å². The van der Waals surface area contributed by atoms with Crippen molar-refractivity contribution in [2.45, 2.75) is 19.9 Å². The number of rotatable bonds is 1. The van der Waals surface area contributed by atoms with Crippen LogP contribution in [0.5, 0.6) is 0 Å². The molecule has 0 aromatic carbocycles. The quantitative estimate of drug-likeness (QED) is 0.728. The third kappa shape index (κ3) is 2.20. The van der Waals surface area contributed by atoms with Crippen LogP contribution in [0.25, 0.3) is 0 Å². The Morgan fingerprint density at radius 3 is 2.67 bits per heavy atom. The largest absolute Gasteiger partial charge is 0.378 e. The van der Waals surface area contributed by atoms with E-state index >= 15 is 0 Å². The summed E-state index contributed by atoms with van der Waals surface area (Å²) in [5, 5.41) is 0. The fraction of sp³-hybridized carbons (Fsp3) is 0.692. The van der Waals surface area contributed by atoms with E-state index in [1.807, 2.05) is 6.92 Å². The molecule has 2 aliphatic heterocycles. The van der Waals surface area contributed by atoms with Gasteiger partial charge in [0.05, 0.1) is 18.9 Å². The second-order valence-electron chi connectivity index (χ2n) is 5.11. The van der Waals surface area contributed by atoms with Crippen LogP contribution >= 0.6 is 0 Å². The molecular weight excluding hydrogens is 228 g/mol. The Kier molecular flexibility index (Phi) is 3.18. The smallest absolute Gasteiger partial charge is 0.136 e. The molecule has 18 heavy (non-hydrogen) atoms. The lowest BCUT2D eigenvalue weighted by molar-refractivity contribution is 0.122. The van der Waals surface area contributed by atoms with Crippen LogP contribution in [-0.4, -0.2) is 54.8 Å². The Hall–Kier alpha value is -1.20. The first-order chi connectivity index (χ1) is 8.74. The first-order valence-electron chi connectivity index (χ1n) is 6.61. The third-order valence-electron chi connectivity index (χ3n) is 3.66. The molecule has 3 heterocycles. The first-order valence-corrected chi connectivity index (χ1v) is 6.61. The molecule has 5 heteroatoms. The van der Waals surface area contributed by atoms with Crippen LogP contribution in [0.3, 0.4) is 0 Å². The van der Waals surface area contributed by atoms with Crippen LogP contribution in [0, 0.1) is 6.92 Å². The molecular formula is C13H20N4O. The van der Waals surface area contributed by atoms with Crippen LogP contribution in [-0.2, 0) is 17.7 Å². The van der Waals surface area contributed by atoms with Crippen molar-refractivity contribution in [3.8, 4) is 0 Å². The molecule has 1 aromatic heterocycles. The van der Waals surface area contributed by atoms with Crippen LogP contribution in [0.15, 0.2) is 0 Å². The van der Waals surface area contributed by atoms with Gasteiger partial charge in [-0.05, 0) is 20.4 Å². The lowest BCUT2D eigenvalue weighted by Crippen LogP contribution is -2.39. The highest BCUT2D eigenvalue weighted by atomic mass is 16.5. The van der Waals surface area contributed by atoms with E-state index in [4.69, 9.17) is 4.74 Å². The van der Waals surface area contributed by atoms with Crippen molar-refractivity contribution in [1.29, 1.82) is 0 Å². The summed E-state index contributed by atoms with van der Waals surface area (Å²) in [6.45, 7) is 7.51. The van der Waals surface area contributed by atoms with Crippen molar-refractivity contribution in [2.75, 3.05) is 44.8 Å². The lowest BCUT2D eigenvalue weighted by atomic mass is 10.1. The van der Waals surface area contributed by atoms with Gasteiger partial charge < -0.3 is 14.5 Å². The van der Waals surface area contributed by atoms with Gasteiger partial charge in [0, 0.05) is 31.7 Å². The first kappa shape index (κ1) is 11.9. The number of morpholine rings is 1. The molecule has 2 aliphatic rings. The van der Waals surface area contributed by atoms with Gasteiger partial charge in [0.1, 0.15) is 11.6 Å². The molecule has 98 valence electrons. The summed E-state index contributed by atoms with van der Waals surface area (Å²) in [6.07, 6.45) is 1.05. The van der Waals surface area contributed by atoms with Gasteiger partial charge >= 0.3 is 0 Å². The van der Waals surface area contributed by atoms with Crippen molar-refractivity contribution in [1.82, 2.24) is 14.9 Å². The van der Waals surface area contributed by atoms with Crippen molar-refractivity contribution >= 4 is 5.82 Å². The van der Waals surface area contributed by atoms with E-state index in [0.29, 0.717) is 0 Å². The Balaban J connectivity index is 1.97. The Bertz CT molecular complexity index is 443. The summed E-state index contributed by atoms with van der Waals surface area (Å²) in [6, 6.07) is 0. The molecule has 5 nitrogen and oxygen atoms in total. The fourth-order valence-corrected chi connectivity index (χ4v) is 2.70. The van der Waals surface area contributed by atoms with Gasteiger partial charge in [-0.25, -0.2) is 9.97 Å². The second-order valence-corrected chi connectivity index (χ2v) is 5.11. The second kappa shape index (κ2) is 4.82. The van der Waals surface area contributed by atoms with Gasteiger partial charge in [-0.1, -0.05) is 0 Å². The number of aryl methyl sites for hydroxylation is 1. The number of fused-ring (bicyclic) bond motifs is 1. The number of hydrogen-bond donors (Lipinski definition) is 0. The van der Waals surface area contributed by atoms with Crippen molar-refractivity contribution in [3.63, 3.8) is 0 Å². The Morgan fingerprint density at radius 2 is 1.89 bits per heavy atom. The normalized spacial score (nSPS) is 20.9. The number of hydrogen-bond acceptors (Lipinski definition) is 5. The molecule has 1 fully saturated rings. The Morgan fingerprint density at radius 1 is 1.11 bits per heavy atom. The van der Waals surface area contributed by atoms with Crippen LogP contribution in [0.4, 0.5) is 5.82 Å². The van der Waals surface area contributed by atoms with E-state index in [1.165, 1.54) is 11.3 Å². The molecule has 0 N–H and O–H groups in total. The van der Waals surface area contributed by atoms with E-state index in [9.17, 15) is 0 Å². The topological polar surface area (TPSA) is 41.5 Å². The molecule has 0 amide bonds. The van der Waals surface area contributed by atoms with E-state index in [2.05, 4.69) is 26.8 Å². The van der Waals surface area contributed by atoms with Gasteiger partial charge in [-0.15, -0.1) is 0 Å². The highest BCUT2D eigenvalue weighted by Crippen LogP contribution is 2.26. The van der Waals surface area contributed by atoms with Gasteiger partial charge in [-0.3, -0.25) is 0 Å². The molecule has 0 aliphatic carbocycles. The van der Waals surface area contributed by atoms with Crippen LogP contribution < -0.4 is 4.90 Å². The summed E-state index contributed by atoms with van der Waals surface area (Å²) in [4.78, 5) is 14.0. The molecule has 0 bridgehead atoms. The maximum atomic E-state index is 5.42. The molecule has 0 spiro atoms.